The molecule has 31 heavy (non-hydrogen) atoms. The van der Waals surface area contributed by atoms with Gasteiger partial charge in [-0.1, -0.05) is 29.8 Å². The van der Waals surface area contributed by atoms with Crippen molar-refractivity contribution in [1.82, 2.24) is 0 Å². The molecule has 8 heteroatoms. The fraction of sp³-hybridized carbons (Fsp3) is 0.261. The Bertz CT molecular complexity index is 1230. The van der Waals surface area contributed by atoms with Crippen LogP contribution in [0.1, 0.15) is 35.3 Å². The number of hydrogen-bond acceptors (Lipinski definition) is 6. The summed E-state index contributed by atoms with van der Waals surface area (Å²) < 4.78 is 37.9. The number of aryl methyl sites for hydroxylation is 1. The van der Waals surface area contributed by atoms with Gasteiger partial charge < -0.3 is 14.8 Å². The number of thiophene rings is 1. The number of amides is 1. The van der Waals surface area contributed by atoms with E-state index in [0.717, 1.165) is 16.0 Å². The maximum atomic E-state index is 13.3. The number of benzene rings is 2. The van der Waals surface area contributed by atoms with Crippen LogP contribution in [-0.2, 0) is 14.6 Å². The highest BCUT2D eigenvalue weighted by Crippen LogP contribution is 2.49. The molecule has 2 heterocycles. The van der Waals surface area contributed by atoms with Gasteiger partial charge in [-0.05, 0) is 32.0 Å². The zero-order chi connectivity index (χ0) is 22.2. The molecule has 6 nitrogen and oxygen atoms in total. The first kappa shape index (κ1) is 21.4. The van der Waals surface area contributed by atoms with Crippen molar-refractivity contribution in [3.63, 3.8) is 0 Å². The second kappa shape index (κ2) is 8.36. The molecule has 0 unspecified atom stereocenters. The van der Waals surface area contributed by atoms with Crippen molar-refractivity contribution in [2.45, 2.75) is 36.0 Å². The summed E-state index contributed by atoms with van der Waals surface area (Å²) in [7, 11) is -2.21. The van der Waals surface area contributed by atoms with Gasteiger partial charge >= 0.3 is 0 Å². The molecule has 2 aromatic carbocycles. The van der Waals surface area contributed by atoms with Crippen LogP contribution in [-0.4, -0.2) is 28.0 Å². The van der Waals surface area contributed by atoms with E-state index in [1.807, 2.05) is 26.0 Å². The van der Waals surface area contributed by atoms with E-state index in [4.69, 9.17) is 9.47 Å². The first-order valence-electron chi connectivity index (χ1n) is 9.89. The topological polar surface area (TPSA) is 81.7 Å². The van der Waals surface area contributed by atoms with Crippen LogP contribution in [0.15, 0.2) is 57.6 Å². The van der Waals surface area contributed by atoms with Crippen molar-refractivity contribution < 1.29 is 22.7 Å². The Morgan fingerprint density at radius 2 is 1.90 bits per heavy atom. The largest absolute Gasteiger partial charge is 0.493 e. The predicted molar refractivity (Wildman–Crippen MR) is 120 cm³/mol. The Labute approximate surface area is 185 Å². The summed E-state index contributed by atoms with van der Waals surface area (Å²) >= 11 is 1.33. The number of carbonyl (C=O) groups excluding carboxylic acids is 1. The molecule has 0 saturated heterocycles. The van der Waals surface area contributed by atoms with E-state index < -0.39 is 9.84 Å². The van der Waals surface area contributed by atoms with E-state index in [-0.39, 0.29) is 28.0 Å². The number of hydrogen-bond donors (Lipinski definition) is 1. The van der Waals surface area contributed by atoms with Gasteiger partial charge in [-0.3, -0.25) is 4.79 Å². The summed E-state index contributed by atoms with van der Waals surface area (Å²) in [6, 6.07) is 12.3. The van der Waals surface area contributed by atoms with Gasteiger partial charge in [0.15, 0.2) is 11.5 Å². The molecule has 0 radical (unpaired) electrons. The summed E-state index contributed by atoms with van der Waals surface area (Å²) in [6.45, 7) is 4.22. The molecule has 4 rings (SSSR count). The summed E-state index contributed by atoms with van der Waals surface area (Å²) in [4.78, 5) is 13.7. The third-order valence-electron chi connectivity index (χ3n) is 5.27. The molecule has 0 fully saturated rings. The second-order valence-electron chi connectivity index (χ2n) is 7.27. The Kier molecular flexibility index (Phi) is 5.77. The lowest BCUT2D eigenvalue weighted by atomic mass is 9.89. The zero-order valence-corrected chi connectivity index (χ0v) is 19.1. The van der Waals surface area contributed by atoms with E-state index in [0.29, 0.717) is 23.8 Å². The standard InChI is InChI=1S/C23H23NO5S2/c1-4-29-22-16(6-5-7-18(22)28-3)17-12-20(25)24-21-19(13-30-23(17)21)31(26,27)15-10-8-14(2)9-11-15/h5-11,13,17H,4,12H2,1-3H3,(H,24,25)/t17-/m0/s1. The summed E-state index contributed by atoms with van der Waals surface area (Å²) in [6.07, 6.45) is 0.199. The van der Waals surface area contributed by atoms with Gasteiger partial charge in [0.2, 0.25) is 15.7 Å². The molecule has 3 aromatic rings. The maximum Gasteiger partial charge on any atom is 0.225 e. The molecule has 0 bridgehead atoms. The first-order valence-corrected chi connectivity index (χ1v) is 12.3. The minimum Gasteiger partial charge on any atom is -0.493 e. The van der Waals surface area contributed by atoms with Crippen LogP contribution < -0.4 is 14.8 Å². The summed E-state index contributed by atoms with van der Waals surface area (Å²) in [5.74, 6) is 0.597. The Morgan fingerprint density at radius 1 is 1.16 bits per heavy atom. The van der Waals surface area contributed by atoms with Gasteiger partial charge in [-0.2, -0.15) is 0 Å². The first-order chi connectivity index (χ1) is 14.9. The molecule has 0 aliphatic carbocycles. The average Bonchev–Trinajstić information content (AvgIpc) is 3.18. The van der Waals surface area contributed by atoms with Gasteiger partial charge in [0.1, 0.15) is 4.90 Å². The van der Waals surface area contributed by atoms with Gasteiger partial charge in [0.05, 0.1) is 24.3 Å². The predicted octanol–water partition coefficient (Wildman–Crippen LogP) is 4.77. The summed E-state index contributed by atoms with van der Waals surface area (Å²) in [5, 5.41) is 4.41. The molecular formula is C23H23NO5S2. The van der Waals surface area contributed by atoms with Crippen LogP contribution in [0, 0.1) is 6.92 Å². The SMILES string of the molecule is CCOc1c(OC)cccc1[C@@H]1CC(=O)Nc2c(S(=O)(=O)c3ccc(C)cc3)csc21. The maximum absolute atomic E-state index is 13.3. The van der Waals surface area contributed by atoms with E-state index in [1.54, 1.807) is 42.8 Å². The number of fused-ring (bicyclic) bond motifs is 1. The lowest BCUT2D eigenvalue weighted by Gasteiger charge is -2.26. The molecular weight excluding hydrogens is 434 g/mol. The molecule has 0 saturated carbocycles. The third kappa shape index (κ3) is 3.81. The van der Waals surface area contributed by atoms with E-state index in [2.05, 4.69) is 5.32 Å². The van der Waals surface area contributed by atoms with Crippen LogP contribution in [0.2, 0.25) is 0 Å². The molecule has 1 N–H and O–H groups in total. The lowest BCUT2D eigenvalue weighted by Crippen LogP contribution is -2.24. The van der Waals surface area contributed by atoms with E-state index in [1.165, 1.54) is 11.3 Å². The Morgan fingerprint density at radius 3 is 2.58 bits per heavy atom. The van der Waals surface area contributed by atoms with Gasteiger partial charge in [0.25, 0.3) is 0 Å². The van der Waals surface area contributed by atoms with Crippen LogP contribution in [0.3, 0.4) is 0 Å². The Balaban J connectivity index is 1.85. The Hall–Kier alpha value is -2.84. The fourth-order valence-corrected chi connectivity index (χ4v) is 6.66. The van der Waals surface area contributed by atoms with Crippen LogP contribution in [0.5, 0.6) is 11.5 Å². The number of nitrogens with one attached hydrogen (secondary N) is 1. The van der Waals surface area contributed by atoms with Crippen molar-refractivity contribution in [3.8, 4) is 11.5 Å². The average molecular weight is 458 g/mol. The molecule has 1 amide bonds. The number of rotatable bonds is 6. The molecule has 1 aromatic heterocycles. The molecule has 1 aliphatic heterocycles. The molecule has 162 valence electrons. The van der Waals surface area contributed by atoms with Crippen molar-refractivity contribution in [3.05, 3.63) is 63.8 Å². The van der Waals surface area contributed by atoms with Crippen molar-refractivity contribution in [2.75, 3.05) is 19.0 Å². The molecule has 0 spiro atoms. The van der Waals surface area contributed by atoms with Gasteiger partial charge in [0, 0.05) is 28.2 Å². The van der Waals surface area contributed by atoms with Crippen LogP contribution in [0.25, 0.3) is 0 Å². The quantitative estimate of drug-likeness (QED) is 0.577. The number of carbonyl (C=O) groups is 1. The summed E-state index contributed by atoms with van der Waals surface area (Å²) in [5.41, 5.74) is 2.14. The smallest absolute Gasteiger partial charge is 0.225 e. The highest BCUT2D eigenvalue weighted by molar-refractivity contribution is 7.91. The fourth-order valence-electron chi connectivity index (χ4n) is 3.76. The lowest BCUT2D eigenvalue weighted by molar-refractivity contribution is -0.116. The minimum absolute atomic E-state index is 0.121. The zero-order valence-electron chi connectivity index (χ0n) is 17.5. The highest BCUT2D eigenvalue weighted by Gasteiger charge is 2.36. The van der Waals surface area contributed by atoms with Crippen molar-refractivity contribution in [2.24, 2.45) is 0 Å². The van der Waals surface area contributed by atoms with E-state index in [9.17, 15) is 13.2 Å². The van der Waals surface area contributed by atoms with Crippen molar-refractivity contribution in [1.29, 1.82) is 0 Å². The molecule has 1 atom stereocenters. The van der Waals surface area contributed by atoms with Crippen LogP contribution >= 0.6 is 11.3 Å². The molecule has 1 aliphatic rings. The minimum atomic E-state index is -3.78. The second-order valence-corrected chi connectivity index (χ2v) is 10.1. The normalized spacial score (nSPS) is 15.8. The van der Waals surface area contributed by atoms with E-state index >= 15 is 0 Å². The number of sulfone groups is 1. The van der Waals surface area contributed by atoms with Gasteiger partial charge in [-0.25, -0.2) is 8.42 Å². The third-order valence-corrected chi connectivity index (χ3v) is 8.31. The number of ether oxygens (including phenoxy) is 2. The number of para-hydroxylation sites is 1. The monoisotopic (exact) mass is 457 g/mol. The number of anilines is 1. The number of methoxy groups -OCH3 is 1. The van der Waals surface area contributed by atoms with Crippen molar-refractivity contribution >= 4 is 32.8 Å². The highest BCUT2D eigenvalue weighted by atomic mass is 32.2. The van der Waals surface area contributed by atoms with Crippen LogP contribution in [0.4, 0.5) is 5.69 Å². The van der Waals surface area contributed by atoms with Gasteiger partial charge in [-0.15, -0.1) is 11.3 Å².